The van der Waals surface area contributed by atoms with E-state index >= 15 is 0 Å². The number of rotatable bonds is 3. The number of amides is 1. The molecule has 3 aromatic rings. The number of pyridine rings is 1. The van der Waals surface area contributed by atoms with Crippen LogP contribution in [0.4, 0.5) is 5.82 Å². The van der Waals surface area contributed by atoms with E-state index in [1.54, 1.807) is 12.1 Å². The van der Waals surface area contributed by atoms with Crippen molar-refractivity contribution in [2.24, 2.45) is 5.73 Å². The second-order valence-electron chi connectivity index (χ2n) is 6.78. The van der Waals surface area contributed by atoms with Crippen LogP contribution in [0.2, 0.25) is 0 Å². The molecule has 3 N–H and O–H groups in total. The Hall–Kier alpha value is -2.92. The van der Waals surface area contributed by atoms with Crippen molar-refractivity contribution in [2.75, 3.05) is 18.0 Å². The van der Waals surface area contributed by atoms with Crippen molar-refractivity contribution in [3.8, 4) is 0 Å². The maximum atomic E-state index is 11.2. The first kappa shape index (κ1) is 16.5. The monoisotopic (exact) mass is 347 g/mol. The summed E-state index contributed by atoms with van der Waals surface area (Å²) < 4.78 is 0. The number of aliphatic hydroxyl groups excluding tert-OH is 1. The van der Waals surface area contributed by atoms with Crippen LogP contribution in [-0.4, -0.2) is 35.2 Å². The van der Waals surface area contributed by atoms with Gasteiger partial charge in [-0.15, -0.1) is 0 Å². The van der Waals surface area contributed by atoms with Gasteiger partial charge >= 0.3 is 0 Å². The zero-order valence-corrected chi connectivity index (χ0v) is 14.4. The second-order valence-corrected chi connectivity index (χ2v) is 6.78. The number of nitrogens with two attached hydrogens (primary N) is 1. The molecular formula is C21H21N3O2. The van der Waals surface area contributed by atoms with Crippen molar-refractivity contribution >= 4 is 22.5 Å². The van der Waals surface area contributed by atoms with Crippen LogP contribution in [0.1, 0.15) is 28.3 Å². The molecule has 0 unspecified atom stereocenters. The first-order chi connectivity index (χ1) is 12.6. The highest BCUT2D eigenvalue weighted by Gasteiger charge is 2.29. The van der Waals surface area contributed by atoms with Crippen LogP contribution in [-0.2, 0) is 0 Å². The molecule has 1 saturated heterocycles. The van der Waals surface area contributed by atoms with Gasteiger partial charge in [-0.2, -0.15) is 0 Å². The van der Waals surface area contributed by atoms with Gasteiger partial charge in [-0.3, -0.25) is 4.79 Å². The average Bonchev–Trinajstić information content (AvgIpc) is 2.67. The number of fused-ring (bicyclic) bond motifs is 1. The van der Waals surface area contributed by atoms with E-state index in [0.29, 0.717) is 12.1 Å². The Balaban J connectivity index is 1.51. The highest BCUT2D eigenvalue weighted by Crippen LogP contribution is 2.32. The van der Waals surface area contributed by atoms with Crippen LogP contribution in [0, 0.1) is 0 Å². The Morgan fingerprint density at radius 1 is 1.12 bits per heavy atom. The number of piperidine rings is 1. The third kappa shape index (κ3) is 3.13. The minimum atomic E-state index is -0.487. The molecule has 5 nitrogen and oxygen atoms in total. The fraction of sp³-hybridized carbons (Fsp3) is 0.238. The summed E-state index contributed by atoms with van der Waals surface area (Å²) >= 11 is 0. The molecule has 0 saturated carbocycles. The number of primary amides is 1. The van der Waals surface area contributed by atoms with E-state index < -0.39 is 12.0 Å². The third-order valence-electron chi connectivity index (χ3n) is 5.14. The molecule has 5 heteroatoms. The molecule has 1 fully saturated rings. The van der Waals surface area contributed by atoms with Gasteiger partial charge in [-0.1, -0.05) is 42.5 Å². The van der Waals surface area contributed by atoms with Gasteiger partial charge in [0.25, 0.3) is 0 Å². The summed E-state index contributed by atoms with van der Waals surface area (Å²) in [6, 6.07) is 18.1. The van der Waals surface area contributed by atoms with Gasteiger partial charge in [0, 0.05) is 25.2 Å². The Labute approximate surface area is 152 Å². The van der Waals surface area contributed by atoms with Crippen molar-refractivity contribution in [3.05, 3.63) is 71.9 Å². The Morgan fingerprint density at radius 2 is 1.92 bits per heavy atom. The summed E-state index contributed by atoms with van der Waals surface area (Å²) in [5.41, 5.74) is 6.82. The molecule has 4 rings (SSSR count). The molecule has 0 bridgehead atoms. The topological polar surface area (TPSA) is 79.5 Å². The quantitative estimate of drug-likeness (QED) is 0.763. The standard InChI is InChI=1S/C21H21N3O2/c22-21(26)17-7-8-20(23-12-17)24-10-9-18(19(25)13-24)16-6-5-14-3-1-2-4-15(14)11-16/h1-8,11-12,18-19,25H,9-10,13H2,(H2,22,26)/t18-,19+/m0/s1. The third-order valence-corrected chi connectivity index (χ3v) is 5.14. The molecule has 2 atom stereocenters. The zero-order chi connectivity index (χ0) is 18.1. The number of carbonyl (C=O) groups is 1. The van der Waals surface area contributed by atoms with Gasteiger partial charge in [-0.25, -0.2) is 4.98 Å². The molecule has 1 aliphatic heterocycles. The van der Waals surface area contributed by atoms with E-state index in [1.165, 1.54) is 22.5 Å². The van der Waals surface area contributed by atoms with Gasteiger partial charge < -0.3 is 15.7 Å². The van der Waals surface area contributed by atoms with E-state index in [9.17, 15) is 9.90 Å². The maximum absolute atomic E-state index is 11.2. The van der Waals surface area contributed by atoms with Gasteiger partial charge in [0.1, 0.15) is 5.82 Å². The number of carbonyl (C=O) groups excluding carboxylic acids is 1. The number of β-amino-alcohol motifs (C(OH)–C–C–N with tert-alkyl or cyclic N) is 1. The average molecular weight is 347 g/mol. The van der Waals surface area contributed by atoms with Crippen LogP contribution in [0.15, 0.2) is 60.8 Å². The fourth-order valence-corrected chi connectivity index (χ4v) is 3.69. The van der Waals surface area contributed by atoms with E-state index in [2.05, 4.69) is 35.3 Å². The highest BCUT2D eigenvalue weighted by molar-refractivity contribution is 5.92. The van der Waals surface area contributed by atoms with Crippen LogP contribution in [0.5, 0.6) is 0 Å². The number of hydrogen-bond acceptors (Lipinski definition) is 4. The van der Waals surface area contributed by atoms with E-state index in [-0.39, 0.29) is 5.92 Å². The summed E-state index contributed by atoms with van der Waals surface area (Å²) in [5.74, 6) is 0.380. The Morgan fingerprint density at radius 3 is 2.62 bits per heavy atom. The number of hydrogen-bond donors (Lipinski definition) is 2. The second kappa shape index (κ2) is 6.77. The molecule has 1 aromatic heterocycles. The summed E-state index contributed by atoms with van der Waals surface area (Å²) in [6.45, 7) is 1.32. The number of benzene rings is 2. The summed E-state index contributed by atoms with van der Waals surface area (Å²) in [7, 11) is 0. The van der Waals surface area contributed by atoms with Crippen molar-refractivity contribution < 1.29 is 9.90 Å². The van der Waals surface area contributed by atoms with Crippen molar-refractivity contribution in [1.82, 2.24) is 4.98 Å². The Kier molecular flexibility index (Phi) is 4.31. The SMILES string of the molecule is NC(=O)c1ccc(N2CC[C@@H](c3ccc4ccccc4c3)[C@H](O)C2)nc1. The van der Waals surface area contributed by atoms with Crippen molar-refractivity contribution in [2.45, 2.75) is 18.4 Å². The first-order valence-corrected chi connectivity index (χ1v) is 8.79. The molecule has 2 heterocycles. The molecule has 26 heavy (non-hydrogen) atoms. The molecule has 0 radical (unpaired) electrons. The van der Waals surface area contributed by atoms with E-state index in [0.717, 1.165) is 18.8 Å². The van der Waals surface area contributed by atoms with Gasteiger partial charge in [0.2, 0.25) is 5.91 Å². The molecule has 2 aromatic carbocycles. The lowest BCUT2D eigenvalue weighted by Gasteiger charge is -2.37. The lowest BCUT2D eigenvalue weighted by molar-refractivity contribution is 0.0999. The minimum Gasteiger partial charge on any atom is -0.391 e. The fourth-order valence-electron chi connectivity index (χ4n) is 3.69. The molecule has 0 aliphatic carbocycles. The van der Waals surface area contributed by atoms with Crippen molar-refractivity contribution in [1.29, 1.82) is 0 Å². The largest absolute Gasteiger partial charge is 0.391 e. The van der Waals surface area contributed by atoms with E-state index in [4.69, 9.17) is 5.73 Å². The number of anilines is 1. The van der Waals surface area contributed by atoms with Gasteiger partial charge in [0.15, 0.2) is 0 Å². The van der Waals surface area contributed by atoms with Crippen LogP contribution >= 0.6 is 0 Å². The van der Waals surface area contributed by atoms with Crippen molar-refractivity contribution in [3.63, 3.8) is 0 Å². The van der Waals surface area contributed by atoms with Crippen LogP contribution in [0.3, 0.4) is 0 Å². The van der Waals surface area contributed by atoms with Gasteiger partial charge in [-0.05, 0) is 34.9 Å². The smallest absolute Gasteiger partial charge is 0.250 e. The zero-order valence-electron chi connectivity index (χ0n) is 14.4. The molecular weight excluding hydrogens is 326 g/mol. The van der Waals surface area contributed by atoms with Crippen LogP contribution in [0.25, 0.3) is 10.8 Å². The lowest BCUT2D eigenvalue weighted by atomic mass is 9.86. The van der Waals surface area contributed by atoms with Crippen LogP contribution < -0.4 is 10.6 Å². The number of aromatic nitrogens is 1. The molecule has 132 valence electrons. The number of aliphatic hydroxyl groups is 1. The summed E-state index contributed by atoms with van der Waals surface area (Å²) in [6.07, 6.45) is 1.86. The van der Waals surface area contributed by atoms with E-state index in [1.807, 2.05) is 17.0 Å². The molecule has 1 amide bonds. The Bertz CT molecular complexity index is 939. The minimum absolute atomic E-state index is 0.112. The maximum Gasteiger partial charge on any atom is 0.250 e. The normalized spacial score (nSPS) is 20.3. The predicted octanol–water partition coefficient (Wildman–Crippen LogP) is 2.69. The highest BCUT2D eigenvalue weighted by atomic mass is 16.3. The molecule has 0 spiro atoms. The van der Waals surface area contributed by atoms with Gasteiger partial charge in [0.05, 0.1) is 11.7 Å². The summed E-state index contributed by atoms with van der Waals surface area (Å²) in [4.78, 5) is 17.5. The predicted molar refractivity (Wildman–Crippen MR) is 102 cm³/mol. The molecule has 1 aliphatic rings. The first-order valence-electron chi connectivity index (χ1n) is 8.79. The number of nitrogens with zero attached hydrogens (tertiary/aromatic N) is 2. The summed E-state index contributed by atoms with van der Waals surface area (Å²) in [5, 5.41) is 13.1. The lowest BCUT2D eigenvalue weighted by Crippen LogP contribution is -2.43.